The Hall–Kier alpha value is -3.28. The number of hydrogen-bond donors (Lipinski definition) is 1. The quantitative estimate of drug-likeness (QED) is 0.751. The Bertz CT molecular complexity index is 859. The van der Waals surface area contributed by atoms with Gasteiger partial charge >= 0.3 is 0 Å². The van der Waals surface area contributed by atoms with E-state index >= 15 is 0 Å². The summed E-state index contributed by atoms with van der Waals surface area (Å²) in [5, 5.41) is 7.11. The molecule has 0 aliphatic carbocycles. The molecule has 3 rings (SSSR count). The molecule has 0 saturated carbocycles. The lowest BCUT2D eigenvalue weighted by Gasteiger charge is -2.10. The first-order valence-corrected chi connectivity index (χ1v) is 7.80. The molecular formula is C19H19N3O3. The number of nitrogens with one attached hydrogen (secondary N) is 1. The normalized spacial score (nSPS) is 10.3. The molecule has 0 radical (unpaired) electrons. The topological polar surface area (TPSA) is 65.4 Å². The summed E-state index contributed by atoms with van der Waals surface area (Å²) in [5.41, 5.74) is 2.33. The van der Waals surface area contributed by atoms with Gasteiger partial charge in [0, 0.05) is 12.7 Å². The summed E-state index contributed by atoms with van der Waals surface area (Å²) < 4.78 is 12.1. The zero-order valence-electron chi connectivity index (χ0n) is 14.1. The van der Waals surface area contributed by atoms with Gasteiger partial charge in [-0.15, -0.1) is 0 Å². The number of rotatable bonds is 6. The van der Waals surface area contributed by atoms with Gasteiger partial charge in [0.2, 0.25) is 0 Å². The van der Waals surface area contributed by atoms with E-state index in [1.54, 1.807) is 31.3 Å². The van der Waals surface area contributed by atoms with E-state index in [1.807, 2.05) is 48.5 Å². The van der Waals surface area contributed by atoms with E-state index in [-0.39, 0.29) is 5.91 Å². The monoisotopic (exact) mass is 337 g/mol. The summed E-state index contributed by atoms with van der Waals surface area (Å²) in [6, 6.07) is 15.2. The molecule has 2 aromatic carbocycles. The highest BCUT2D eigenvalue weighted by Gasteiger charge is 2.10. The van der Waals surface area contributed by atoms with E-state index in [0.29, 0.717) is 23.6 Å². The Labute approximate surface area is 146 Å². The fourth-order valence-electron chi connectivity index (χ4n) is 2.44. The Morgan fingerprint density at radius 1 is 1.08 bits per heavy atom. The van der Waals surface area contributed by atoms with Crippen molar-refractivity contribution in [3.05, 3.63) is 72.1 Å². The van der Waals surface area contributed by atoms with Crippen LogP contribution in [0.1, 0.15) is 15.9 Å². The van der Waals surface area contributed by atoms with E-state index in [1.165, 1.54) is 0 Å². The number of carbonyl (C=O) groups excluding carboxylic acids is 1. The number of aromatic nitrogens is 2. The minimum absolute atomic E-state index is 0.183. The minimum Gasteiger partial charge on any atom is -0.493 e. The van der Waals surface area contributed by atoms with Crippen LogP contribution in [-0.4, -0.2) is 29.9 Å². The molecule has 1 heterocycles. The first-order chi connectivity index (χ1) is 12.2. The van der Waals surface area contributed by atoms with Gasteiger partial charge in [-0.05, 0) is 29.8 Å². The highest BCUT2D eigenvalue weighted by atomic mass is 16.5. The molecule has 0 atom stereocenters. The molecule has 0 fully saturated rings. The number of benzene rings is 2. The lowest BCUT2D eigenvalue weighted by Crippen LogP contribution is -2.22. The van der Waals surface area contributed by atoms with Crippen molar-refractivity contribution in [3.8, 4) is 17.2 Å². The Morgan fingerprint density at radius 2 is 1.84 bits per heavy atom. The molecule has 3 aromatic rings. The van der Waals surface area contributed by atoms with Gasteiger partial charge in [0.15, 0.2) is 11.5 Å². The molecule has 0 unspecified atom stereocenters. The van der Waals surface area contributed by atoms with Crippen LogP contribution in [0.4, 0.5) is 0 Å². The van der Waals surface area contributed by atoms with E-state index < -0.39 is 0 Å². The van der Waals surface area contributed by atoms with Crippen molar-refractivity contribution >= 4 is 5.91 Å². The van der Waals surface area contributed by atoms with Crippen LogP contribution >= 0.6 is 0 Å². The van der Waals surface area contributed by atoms with Crippen LogP contribution in [0.2, 0.25) is 0 Å². The number of hydrogen-bond acceptors (Lipinski definition) is 4. The second-order valence-corrected chi connectivity index (χ2v) is 5.38. The molecule has 128 valence electrons. The van der Waals surface area contributed by atoms with Gasteiger partial charge < -0.3 is 14.8 Å². The van der Waals surface area contributed by atoms with Crippen LogP contribution in [0.25, 0.3) is 5.69 Å². The van der Waals surface area contributed by atoms with Crippen LogP contribution in [-0.2, 0) is 6.54 Å². The fraction of sp³-hybridized carbons (Fsp3) is 0.158. The molecule has 6 heteroatoms. The fourth-order valence-corrected chi connectivity index (χ4v) is 2.44. The molecule has 0 aliphatic rings. The molecule has 1 amide bonds. The van der Waals surface area contributed by atoms with Crippen molar-refractivity contribution in [1.82, 2.24) is 15.1 Å². The molecule has 1 N–H and O–H groups in total. The third-order valence-corrected chi connectivity index (χ3v) is 3.77. The standard InChI is InChI=1S/C19H19N3O3/c1-24-17-9-8-14(10-18(17)25-2)11-20-19(23)15-12-21-22(13-15)16-6-4-3-5-7-16/h3-10,12-13H,11H2,1-2H3,(H,20,23). The summed E-state index contributed by atoms with van der Waals surface area (Å²) in [6.45, 7) is 0.385. The molecule has 1 aromatic heterocycles. The summed E-state index contributed by atoms with van der Waals surface area (Å²) in [6.07, 6.45) is 3.26. The first-order valence-electron chi connectivity index (χ1n) is 7.80. The van der Waals surface area contributed by atoms with E-state index in [4.69, 9.17) is 9.47 Å². The van der Waals surface area contributed by atoms with Gasteiger partial charge in [0.05, 0.1) is 31.7 Å². The first kappa shape index (κ1) is 16.6. The average Bonchev–Trinajstić information content (AvgIpc) is 3.17. The van der Waals surface area contributed by atoms with Crippen molar-refractivity contribution in [2.24, 2.45) is 0 Å². The number of ether oxygens (including phenoxy) is 2. The summed E-state index contributed by atoms with van der Waals surface area (Å²) in [5.74, 6) is 1.10. The number of methoxy groups -OCH3 is 2. The van der Waals surface area contributed by atoms with Crippen molar-refractivity contribution in [1.29, 1.82) is 0 Å². The Balaban J connectivity index is 1.66. The van der Waals surface area contributed by atoms with Gasteiger partial charge in [-0.2, -0.15) is 5.10 Å². The van der Waals surface area contributed by atoms with Gasteiger partial charge in [-0.3, -0.25) is 4.79 Å². The van der Waals surface area contributed by atoms with Crippen LogP contribution in [0, 0.1) is 0 Å². The van der Waals surface area contributed by atoms with Gasteiger partial charge in [-0.25, -0.2) is 4.68 Å². The number of carbonyl (C=O) groups is 1. The van der Waals surface area contributed by atoms with Gasteiger partial charge in [0.25, 0.3) is 5.91 Å². The van der Waals surface area contributed by atoms with Crippen molar-refractivity contribution in [2.45, 2.75) is 6.54 Å². The highest BCUT2D eigenvalue weighted by Crippen LogP contribution is 2.27. The molecule has 0 aliphatic heterocycles. The lowest BCUT2D eigenvalue weighted by molar-refractivity contribution is 0.0951. The van der Waals surface area contributed by atoms with Crippen molar-refractivity contribution < 1.29 is 14.3 Å². The van der Waals surface area contributed by atoms with Gasteiger partial charge in [-0.1, -0.05) is 24.3 Å². The number of para-hydroxylation sites is 1. The third kappa shape index (κ3) is 3.80. The van der Waals surface area contributed by atoms with Gasteiger partial charge in [0.1, 0.15) is 0 Å². The average molecular weight is 337 g/mol. The molecule has 25 heavy (non-hydrogen) atoms. The second-order valence-electron chi connectivity index (χ2n) is 5.38. The lowest BCUT2D eigenvalue weighted by atomic mass is 10.2. The second kappa shape index (κ2) is 7.53. The summed E-state index contributed by atoms with van der Waals surface area (Å²) in [4.78, 5) is 12.3. The molecular weight excluding hydrogens is 318 g/mol. The summed E-state index contributed by atoms with van der Waals surface area (Å²) in [7, 11) is 3.17. The Kier molecular flexibility index (Phi) is 4.99. The SMILES string of the molecule is COc1ccc(CNC(=O)c2cnn(-c3ccccc3)c2)cc1OC. The highest BCUT2D eigenvalue weighted by molar-refractivity contribution is 5.93. The van der Waals surface area contributed by atoms with Crippen LogP contribution < -0.4 is 14.8 Å². The molecule has 6 nitrogen and oxygen atoms in total. The predicted molar refractivity (Wildman–Crippen MR) is 94.3 cm³/mol. The largest absolute Gasteiger partial charge is 0.493 e. The van der Waals surface area contributed by atoms with E-state index in [2.05, 4.69) is 10.4 Å². The van der Waals surface area contributed by atoms with Crippen LogP contribution in [0.5, 0.6) is 11.5 Å². The maximum atomic E-state index is 12.3. The zero-order chi connectivity index (χ0) is 17.6. The zero-order valence-corrected chi connectivity index (χ0v) is 14.1. The molecule has 0 bridgehead atoms. The summed E-state index contributed by atoms with van der Waals surface area (Å²) >= 11 is 0. The van der Waals surface area contributed by atoms with E-state index in [0.717, 1.165) is 11.3 Å². The maximum absolute atomic E-state index is 12.3. The molecule has 0 saturated heterocycles. The van der Waals surface area contributed by atoms with E-state index in [9.17, 15) is 4.79 Å². The van der Waals surface area contributed by atoms with Crippen LogP contribution in [0.3, 0.4) is 0 Å². The smallest absolute Gasteiger partial charge is 0.254 e. The minimum atomic E-state index is -0.183. The van der Waals surface area contributed by atoms with Crippen molar-refractivity contribution in [3.63, 3.8) is 0 Å². The predicted octanol–water partition coefficient (Wildman–Crippen LogP) is 2.82. The number of nitrogens with zero attached hydrogens (tertiary/aromatic N) is 2. The Morgan fingerprint density at radius 3 is 2.56 bits per heavy atom. The third-order valence-electron chi connectivity index (χ3n) is 3.77. The molecule has 0 spiro atoms. The number of amides is 1. The van der Waals surface area contributed by atoms with Crippen molar-refractivity contribution in [2.75, 3.05) is 14.2 Å². The van der Waals surface area contributed by atoms with Crippen LogP contribution in [0.15, 0.2) is 60.9 Å². The maximum Gasteiger partial charge on any atom is 0.254 e.